The molecule has 0 aliphatic carbocycles. The second-order valence-electron chi connectivity index (χ2n) is 9.27. The number of fused-ring (bicyclic) bond motifs is 2. The molecule has 11 nitrogen and oxygen atoms in total. The lowest BCUT2D eigenvalue weighted by atomic mass is 10.1. The fourth-order valence-electron chi connectivity index (χ4n) is 4.42. The van der Waals surface area contributed by atoms with Gasteiger partial charge in [-0.05, 0) is 31.3 Å². The molecule has 0 spiro atoms. The van der Waals surface area contributed by atoms with Crippen LogP contribution in [0.1, 0.15) is 11.4 Å². The van der Waals surface area contributed by atoms with E-state index in [2.05, 4.69) is 40.5 Å². The number of aryl methyl sites for hydroxylation is 1. The Kier molecular flexibility index (Phi) is 5.82. The Labute approximate surface area is 214 Å². The molecule has 38 heavy (non-hydrogen) atoms. The summed E-state index contributed by atoms with van der Waals surface area (Å²) in [4.78, 5) is 13.4. The number of alkyl halides is 3. The molecule has 4 aromatic heterocycles. The third-order valence-corrected chi connectivity index (χ3v) is 6.55. The molecule has 0 unspecified atom stereocenters. The van der Waals surface area contributed by atoms with Crippen LogP contribution in [0.4, 0.5) is 24.7 Å². The van der Waals surface area contributed by atoms with Gasteiger partial charge in [0.2, 0.25) is 0 Å². The molecule has 1 saturated heterocycles. The second-order valence-corrected chi connectivity index (χ2v) is 9.27. The Bertz CT molecular complexity index is 1620. The van der Waals surface area contributed by atoms with E-state index < -0.39 is 11.7 Å². The molecule has 5 aromatic rings. The highest BCUT2D eigenvalue weighted by molar-refractivity contribution is 5.89. The maximum Gasteiger partial charge on any atom is 0.416 e. The van der Waals surface area contributed by atoms with Gasteiger partial charge in [-0.15, -0.1) is 10.2 Å². The van der Waals surface area contributed by atoms with Crippen molar-refractivity contribution in [2.24, 2.45) is 7.05 Å². The summed E-state index contributed by atoms with van der Waals surface area (Å²) in [6, 6.07) is 5.67. The van der Waals surface area contributed by atoms with Crippen molar-refractivity contribution in [3.8, 4) is 11.3 Å². The molecule has 5 heterocycles. The van der Waals surface area contributed by atoms with Crippen LogP contribution in [0.2, 0.25) is 0 Å². The van der Waals surface area contributed by atoms with Crippen LogP contribution in [0.3, 0.4) is 0 Å². The first-order valence-corrected chi connectivity index (χ1v) is 12.0. The van der Waals surface area contributed by atoms with Gasteiger partial charge in [0, 0.05) is 45.0 Å². The quantitative estimate of drug-likeness (QED) is 0.372. The third kappa shape index (κ3) is 4.58. The summed E-state index contributed by atoms with van der Waals surface area (Å²) < 4.78 is 44.3. The number of benzene rings is 1. The number of halogens is 3. The average molecular weight is 524 g/mol. The van der Waals surface area contributed by atoms with E-state index in [1.807, 2.05) is 26.4 Å². The van der Waals surface area contributed by atoms with Crippen LogP contribution in [0.25, 0.3) is 27.9 Å². The Hall–Kier alpha value is -4.33. The van der Waals surface area contributed by atoms with Crippen molar-refractivity contribution < 1.29 is 13.2 Å². The van der Waals surface area contributed by atoms with Gasteiger partial charge in [0.1, 0.15) is 11.3 Å². The summed E-state index contributed by atoms with van der Waals surface area (Å²) in [7, 11) is 3.86. The van der Waals surface area contributed by atoms with E-state index in [1.165, 1.54) is 6.20 Å². The molecule has 14 heteroatoms. The second kappa shape index (κ2) is 9.20. The van der Waals surface area contributed by atoms with E-state index in [9.17, 15) is 13.2 Å². The number of nitrogens with zero attached hydrogens (tertiary/aromatic N) is 10. The number of hydrogen-bond acceptors (Lipinski definition) is 9. The van der Waals surface area contributed by atoms with Crippen molar-refractivity contribution in [1.82, 2.24) is 44.5 Å². The third-order valence-electron chi connectivity index (χ3n) is 6.55. The van der Waals surface area contributed by atoms with Gasteiger partial charge >= 0.3 is 6.18 Å². The smallest absolute Gasteiger partial charge is 0.376 e. The highest BCUT2D eigenvalue weighted by Crippen LogP contribution is 2.35. The van der Waals surface area contributed by atoms with Gasteiger partial charge in [-0.1, -0.05) is 0 Å². The maximum absolute atomic E-state index is 13.7. The van der Waals surface area contributed by atoms with Crippen molar-refractivity contribution in [3.05, 3.63) is 54.2 Å². The highest BCUT2D eigenvalue weighted by Gasteiger charge is 2.32. The molecular formula is C24H24F3N11. The molecule has 1 aliphatic heterocycles. The standard InChI is InChI=1S/C24H24F3N11/c1-35-5-7-37(8-6-35)21-12-28-18-9-16(24(25,26)27)10-19(23(18)31-21)29-13-22-33-32-20-4-3-17(34-38(20)22)15-11-30-36(2)14-15/h3-4,9-12,14,29H,5-8,13H2,1-2H3. The largest absolute Gasteiger partial charge is 0.416 e. The van der Waals surface area contributed by atoms with Crippen LogP contribution >= 0.6 is 0 Å². The van der Waals surface area contributed by atoms with Gasteiger partial charge in [0.25, 0.3) is 0 Å². The topological polar surface area (TPSA) is 105 Å². The normalized spacial score (nSPS) is 15.0. The van der Waals surface area contributed by atoms with Crippen molar-refractivity contribution in [3.63, 3.8) is 0 Å². The highest BCUT2D eigenvalue weighted by atomic mass is 19.4. The zero-order valence-corrected chi connectivity index (χ0v) is 20.7. The van der Waals surface area contributed by atoms with E-state index in [4.69, 9.17) is 4.98 Å². The Morgan fingerprint density at radius 3 is 2.55 bits per heavy atom. The minimum Gasteiger partial charge on any atom is -0.376 e. The molecule has 0 amide bonds. The lowest BCUT2D eigenvalue weighted by Gasteiger charge is -2.33. The molecule has 6 rings (SSSR count). The minimum atomic E-state index is -4.54. The van der Waals surface area contributed by atoms with Crippen LogP contribution in [0.15, 0.2) is 42.9 Å². The van der Waals surface area contributed by atoms with E-state index in [1.54, 1.807) is 21.5 Å². The van der Waals surface area contributed by atoms with Gasteiger partial charge in [0.15, 0.2) is 11.5 Å². The van der Waals surface area contributed by atoms with Crippen LogP contribution in [-0.4, -0.2) is 77.7 Å². The van der Waals surface area contributed by atoms with Crippen molar-refractivity contribution >= 4 is 28.2 Å². The summed E-state index contributed by atoms with van der Waals surface area (Å²) in [6.45, 7) is 3.33. The lowest BCUT2D eigenvalue weighted by molar-refractivity contribution is -0.137. The van der Waals surface area contributed by atoms with E-state index in [0.29, 0.717) is 28.5 Å². The fraction of sp³-hybridized carbons (Fsp3) is 0.333. The van der Waals surface area contributed by atoms with E-state index in [0.717, 1.165) is 43.9 Å². The average Bonchev–Trinajstić information content (AvgIpc) is 3.52. The van der Waals surface area contributed by atoms with Crippen molar-refractivity contribution in [1.29, 1.82) is 0 Å². The predicted molar refractivity (Wildman–Crippen MR) is 135 cm³/mol. The summed E-state index contributed by atoms with van der Waals surface area (Å²) in [6.07, 6.45) is 0.529. The Balaban J connectivity index is 1.35. The van der Waals surface area contributed by atoms with Gasteiger partial charge in [-0.3, -0.25) is 9.67 Å². The number of likely N-dealkylation sites (N-methyl/N-ethyl adjacent to an activating group) is 1. The molecule has 0 radical (unpaired) electrons. The number of nitrogens with one attached hydrogen (secondary N) is 1. The monoisotopic (exact) mass is 523 g/mol. The molecule has 0 atom stereocenters. The summed E-state index contributed by atoms with van der Waals surface area (Å²) >= 11 is 0. The maximum atomic E-state index is 13.7. The van der Waals surface area contributed by atoms with Crippen molar-refractivity contribution in [2.75, 3.05) is 43.4 Å². The van der Waals surface area contributed by atoms with Crippen LogP contribution < -0.4 is 10.2 Å². The molecule has 1 N–H and O–H groups in total. The van der Waals surface area contributed by atoms with E-state index >= 15 is 0 Å². The number of piperazine rings is 1. The van der Waals surface area contributed by atoms with Gasteiger partial charge in [-0.25, -0.2) is 4.98 Å². The fourth-order valence-corrected chi connectivity index (χ4v) is 4.42. The number of hydrogen-bond donors (Lipinski definition) is 1. The minimum absolute atomic E-state index is 0.0709. The van der Waals surface area contributed by atoms with Gasteiger partial charge in [0.05, 0.1) is 41.4 Å². The summed E-state index contributed by atoms with van der Waals surface area (Å²) in [5.74, 6) is 1.06. The number of anilines is 2. The number of rotatable bonds is 5. The summed E-state index contributed by atoms with van der Waals surface area (Å²) in [5, 5.41) is 20.2. The SMILES string of the molecule is CN1CCN(c2cnc3cc(C(F)(F)F)cc(NCc4nnc5ccc(-c6cnn(C)c6)nn45)c3n2)CC1. The first-order chi connectivity index (χ1) is 18.2. The van der Waals surface area contributed by atoms with Crippen LogP contribution in [0.5, 0.6) is 0 Å². The Morgan fingerprint density at radius 1 is 1.00 bits per heavy atom. The molecule has 1 aromatic carbocycles. The molecule has 0 bridgehead atoms. The lowest BCUT2D eigenvalue weighted by Crippen LogP contribution is -2.44. The molecule has 196 valence electrons. The van der Waals surface area contributed by atoms with Gasteiger partial charge < -0.3 is 15.1 Å². The van der Waals surface area contributed by atoms with Crippen molar-refractivity contribution in [2.45, 2.75) is 12.7 Å². The molecule has 1 fully saturated rings. The van der Waals surface area contributed by atoms with Gasteiger partial charge in [-0.2, -0.15) is 27.9 Å². The van der Waals surface area contributed by atoms with E-state index in [-0.39, 0.29) is 17.7 Å². The predicted octanol–water partition coefficient (Wildman–Crippen LogP) is 2.85. The van der Waals surface area contributed by atoms with Crippen LogP contribution in [0, 0.1) is 0 Å². The molecule has 0 saturated carbocycles. The zero-order chi connectivity index (χ0) is 26.4. The first-order valence-electron chi connectivity index (χ1n) is 12.0. The first kappa shape index (κ1) is 24.0. The Morgan fingerprint density at radius 2 is 1.82 bits per heavy atom. The summed E-state index contributed by atoms with van der Waals surface area (Å²) in [5.41, 5.74) is 1.91. The zero-order valence-electron chi connectivity index (χ0n) is 20.7. The molecule has 1 aliphatic rings. The number of aromatic nitrogens is 8. The van der Waals surface area contributed by atoms with Crippen LogP contribution in [-0.2, 0) is 19.8 Å². The molecular weight excluding hydrogens is 499 g/mol.